The van der Waals surface area contributed by atoms with E-state index in [9.17, 15) is 18.0 Å². The molecule has 0 aliphatic carbocycles. The van der Waals surface area contributed by atoms with Gasteiger partial charge in [-0.1, -0.05) is 13.8 Å². The first-order valence-corrected chi connectivity index (χ1v) is 10.5. The van der Waals surface area contributed by atoms with Crippen molar-refractivity contribution in [3.8, 4) is 0 Å². The summed E-state index contributed by atoms with van der Waals surface area (Å²) in [6.45, 7) is 6.59. The number of nitrogens with two attached hydrogens (primary N) is 1. The van der Waals surface area contributed by atoms with Crippen molar-refractivity contribution in [3.05, 3.63) is 0 Å². The van der Waals surface area contributed by atoms with Crippen molar-refractivity contribution in [2.24, 2.45) is 22.9 Å². The molecule has 3 fully saturated rings. The van der Waals surface area contributed by atoms with Gasteiger partial charge in [0, 0.05) is 45.1 Å². The third-order valence-electron chi connectivity index (χ3n) is 5.67. The molecule has 3 rings (SSSR count). The molecule has 0 aromatic rings. The highest BCUT2D eigenvalue weighted by Gasteiger charge is 2.47. The minimum atomic E-state index is -3.69. The summed E-state index contributed by atoms with van der Waals surface area (Å²) in [7, 11) is -3.69. The standard InChI is InChI=1S/C16H28N4O4S/c1-11(2)3-4-15(21)20-6-5-12-7-18(10-14(12)20)16(22)13-8-19(9-13)25(17,23)24/h11-14H,3-10H2,1-2H3,(H2,17,23,24)/t12-,14+/m1/s1. The molecular formula is C16H28N4O4S. The first-order chi connectivity index (χ1) is 11.7. The van der Waals surface area contributed by atoms with Crippen molar-refractivity contribution in [2.45, 2.75) is 39.2 Å². The predicted octanol–water partition coefficient (Wildman–Crippen LogP) is -0.383. The SMILES string of the molecule is CC(C)CCC(=O)N1CC[C@@H]2CN(C(=O)C3CN(S(N)(=O)=O)C3)C[C@@H]21. The van der Waals surface area contributed by atoms with Gasteiger partial charge in [0.05, 0.1) is 12.0 Å². The number of likely N-dealkylation sites (tertiary alicyclic amines) is 2. The van der Waals surface area contributed by atoms with Gasteiger partial charge < -0.3 is 9.80 Å². The molecule has 3 aliphatic rings. The number of hydrogen-bond donors (Lipinski definition) is 1. The van der Waals surface area contributed by atoms with E-state index in [1.807, 2.05) is 9.80 Å². The number of hydrogen-bond acceptors (Lipinski definition) is 4. The Bertz CT molecular complexity index is 645. The molecule has 25 heavy (non-hydrogen) atoms. The maximum atomic E-state index is 12.6. The minimum Gasteiger partial charge on any atom is -0.340 e. The number of rotatable bonds is 5. The van der Waals surface area contributed by atoms with Gasteiger partial charge in [-0.05, 0) is 18.8 Å². The zero-order valence-electron chi connectivity index (χ0n) is 14.9. The van der Waals surface area contributed by atoms with E-state index in [0.717, 1.165) is 23.7 Å². The van der Waals surface area contributed by atoms with E-state index >= 15 is 0 Å². The Balaban J connectivity index is 1.53. The highest BCUT2D eigenvalue weighted by atomic mass is 32.2. The number of nitrogens with zero attached hydrogens (tertiary/aromatic N) is 3. The molecule has 2 N–H and O–H groups in total. The van der Waals surface area contributed by atoms with Crippen LogP contribution in [0.2, 0.25) is 0 Å². The zero-order valence-corrected chi connectivity index (χ0v) is 15.7. The van der Waals surface area contributed by atoms with Gasteiger partial charge in [-0.3, -0.25) is 9.59 Å². The quantitative estimate of drug-likeness (QED) is 0.710. The van der Waals surface area contributed by atoms with Gasteiger partial charge in [0.15, 0.2) is 0 Å². The first-order valence-electron chi connectivity index (χ1n) is 9.03. The summed E-state index contributed by atoms with van der Waals surface area (Å²) in [5, 5.41) is 5.06. The largest absolute Gasteiger partial charge is 0.340 e. The molecule has 0 saturated carbocycles. The van der Waals surface area contributed by atoms with Crippen LogP contribution in [-0.4, -0.2) is 73.1 Å². The van der Waals surface area contributed by atoms with Gasteiger partial charge in [-0.2, -0.15) is 12.7 Å². The molecule has 2 amide bonds. The third kappa shape index (κ3) is 3.83. The Morgan fingerprint density at radius 3 is 2.44 bits per heavy atom. The van der Waals surface area contributed by atoms with Crippen LogP contribution in [0.5, 0.6) is 0 Å². The number of amides is 2. The fourth-order valence-electron chi connectivity index (χ4n) is 4.07. The van der Waals surface area contributed by atoms with Crippen LogP contribution in [0.25, 0.3) is 0 Å². The van der Waals surface area contributed by atoms with Crippen molar-refractivity contribution in [1.29, 1.82) is 0 Å². The monoisotopic (exact) mass is 372 g/mol. The van der Waals surface area contributed by atoms with Gasteiger partial charge in [0.25, 0.3) is 10.2 Å². The van der Waals surface area contributed by atoms with E-state index in [0.29, 0.717) is 31.3 Å². The molecule has 2 atom stereocenters. The predicted molar refractivity (Wildman–Crippen MR) is 92.4 cm³/mol. The molecule has 0 bridgehead atoms. The topological polar surface area (TPSA) is 104 Å². The van der Waals surface area contributed by atoms with E-state index in [1.165, 1.54) is 0 Å². The lowest BCUT2D eigenvalue weighted by Crippen LogP contribution is -2.58. The van der Waals surface area contributed by atoms with E-state index in [4.69, 9.17) is 5.14 Å². The fraction of sp³-hybridized carbons (Fsp3) is 0.875. The molecule has 9 heteroatoms. The van der Waals surface area contributed by atoms with Crippen LogP contribution in [0.15, 0.2) is 0 Å². The molecule has 0 aromatic carbocycles. The van der Waals surface area contributed by atoms with E-state index < -0.39 is 10.2 Å². The van der Waals surface area contributed by atoms with Crippen molar-refractivity contribution >= 4 is 22.0 Å². The van der Waals surface area contributed by atoms with Crippen LogP contribution in [0.1, 0.15) is 33.1 Å². The Labute approximate surface area is 149 Å². The van der Waals surface area contributed by atoms with Gasteiger partial charge in [-0.15, -0.1) is 0 Å². The number of carbonyl (C=O) groups excluding carboxylic acids is 2. The molecule has 0 spiro atoms. The summed E-state index contributed by atoms with van der Waals surface area (Å²) in [6, 6.07) is 0.123. The summed E-state index contributed by atoms with van der Waals surface area (Å²) >= 11 is 0. The molecule has 0 unspecified atom stereocenters. The lowest BCUT2D eigenvalue weighted by Gasteiger charge is -2.37. The van der Waals surface area contributed by atoms with Crippen molar-refractivity contribution in [2.75, 3.05) is 32.7 Å². The Morgan fingerprint density at radius 2 is 1.84 bits per heavy atom. The summed E-state index contributed by atoms with van der Waals surface area (Å²) in [5.41, 5.74) is 0. The minimum absolute atomic E-state index is 0.0103. The van der Waals surface area contributed by atoms with E-state index in [-0.39, 0.29) is 36.9 Å². The van der Waals surface area contributed by atoms with Crippen LogP contribution in [0.3, 0.4) is 0 Å². The lowest BCUT2D eigenvalue weighted by molar-refractivity contribution is -0.139. The first kappa shape index (κ1) is 18.6. The smallest absolute Gasteiger partial charge is 0.276 e. The van der Waals surface area contributed by atoms with Crippen LogP contribution in [0.4, 0.5) is 0 Å². The van der Waals surface area contributed by atoms with Gasteiger partial charge >= 0.3 is 0 Å². The Hall–Kier alpha value is -1.19. The van der Waals surface area contributed by atoms with Crippen molar-refractivity contribution < 1.29 is 18.0 Å². The highest BCUT2D eigenvalue weighted by Crippen LogP contribution is 2.34. The van der Waals surface area contributed by atoms with Crippen molar-refractivity contribution in [3.63, 3.8) is 0 Å². The summed E-state index contributed by atoms with van der Waals surface area (Å²) in [5.74, 6) is 0.733. The second-order valence-corrected chi connectivity index (χ2v) is 9.48. The van der Waals surface area contributed by atoms with E-state index in [2.05, 4.69) is 13.8 Å². The van der Waals surface area contributed by atoms with Gasteiger partial charge in [0.2, 0.25) is 11.8 Å². The maximum absolute atomic E-state index is 12.6. The molecule has 3 heterocycles. The molecule has 3 saturated heterocycles. The second kappa shape index (κ2) is 6.85. The summed E-state index contributed by atoms with van der Waals surface area (Å²) in [6.07, 6.45) is 2.40. The van der Waals surface area contributed by atoms with E-state index in [1.54, 1.807) is 0 Å². The fourth-order valence-corrected chi connectivity index (χ4v) is 4.84. The lowest BCUT2D eigenvalue weighted by atomic mass is 10.0. The third-order valence-corrected chi connectivity index (χ3v) is 6.69. The average molecular weight is 372 g/mol. The zero-order chi connectivity index (χ0) is 18.4. The number of fused-ring (bicyclic) bond motifs is 1. The second-order valence-electron chi connectivity index (χ2n) is 7.94. The molecule has 142 valence electrons. The summed E-state index contributed by atoms with van der Waals surface area (Å²) < 4.78 is 23.6. The Morgan fingerprint density at radius 1 is 1.16 bits per heavy atom. The normalized spacial score (nSPS) is 27.7. The van der Waals surface area contributed by atoms with Gasteiger partial charge in [0.1, 0.15) is 0 Å². The van der Waals surface area contributed by atoms with Crippen molar-refractivity contribution in [1.82, 2.24) is 14.1 Å². The number of carbonyl (C=O) groups is 2. The average Bonchev–Trinajstić information content (AvgIpc) is 3.01. The molecule has 0 aromatic heterocycles. The molecule has 3 aliphatic heterocycles. The Kier molecular flexibility index (Phi) is 5.09. The maximum Gasteiger partial charge on any atom is 0.276 e. The molecule has 8 nitrogen and oxygen atoms in total. The van der Waals surface area contributed by atoms with Crippen LogP contribution >= 0.6 is 0 Å². The highest BCUT2D eigenvalue weighted by molar-refractivity contribution is 7.86. The van der Waals surface area contributed by atoms with Crippen LogP contribution < -0.4 is 5.14 Å². The molecular weight excluding hydrogens is 344 g/mol. The van der Waals surface area contributed by atoms with Crippen LogP contribution in [-0.2, 0) is 19.8 Å². The summed E-state index contributed by atoms with van der Waals surface area (Å²) in [4.78, 5) is 28.8. The molecule has 0 radical (unpaired) electrons. The van der Waals surface area contributed by atoms with Crippen LogP contribution in [0, 0.1) is 17.8 Å². The van der Waals surface area contributed by atoms with Gasteiger partial charge in [-0.25, -0.2) is 5.14 Å².